The van der Waals surface area contributed by atoms with Crippen molar-refractivity contribution in [1.82, 2.24) is 0 Å². The lowest BCUT2D eigenvalue weighted by molar-refractivity contribution is -0.167. The Labute approximate surface area is 92.1 Å². The van der Waals surface area contributed by atoms with Crippen LogP contribution in [0.25, 0.3) is 0 Å². The summed E-state index contributed by atoms with van der Waals surface area (Å²) in [7, 11) is 2.50. The highest BCUT2D eigenvalue weighted by molar-refractivity contribution is 9.09. The maximum Gasteiger partial charge on any atom is 0.324 e. The Balaban J connectivity index is 5.03. The molecule has 0 radical (unpaired) electrons. The van der Waals surface area contributed by atoms with Gasteiger partial charge in [0.2, 0.25) is 0 Å². The highest BCUT2D eigenvalue weighted by Gasteiger charge is 2.48. The second-order valence-electron chi connectivity index (χ2n) is 3.06. The summed E-state index contributed by atoms with van der Waals surface area (Å²) in [6.45, 7) is 3.37. The van der Waals surface area contributed by atoms with Crippen LogP contribution in [0.4, 0.5) is 0 Å². The number of halogens is 1. The fourth-order valence-corrected chi connectivity index (χ4v) is 1.55. The Hall–Kier alpha value is -0.580. The van der Waals surface area contributed by atoms with Crippen LogP contribution in [0.5, 0.6) is 0 Å². The minimum atomic E-state index is -1.28. The molecule has 0 saturated heterocycles. The van der Waals surface area contributed by atoms with E-state index in [2.05, 4.69) is 25.4 Å². The SMILES string of the molecule is CC[C@H](Br)C(C)(C(=O)OC)C(=O)OC. The maximum absolute atomic E-state index is 11.5. The fourth-order valence-electron chi connectivity index (χ4n) is 1.17. The number of ether oxygens (including phenoxy) is 2. The van der Waals surface area contributed by atoms with Crippen LogP contribution >= 0.6 is 15.9 Å². The molecular formula is C9H15BrO4. The molecule has 1 atom stereocenters. The molecule has 82 valence electrons. The smallest absolute Gasteiger partial charge is 0.324 e. The summed E-state index contributed by atoms with van der Waals surface area (Å²) in [6.07, 6.45) is 0.626. The number of methoxy groups -OCH3 is 2. The lowest BCUT2D eigenvalue weighted by Crippen LogP contribution is -2.45. The van der Waals surface area contributed by atoms with Crippen LogP contribution < -0.4 is 0 Å². The molecule has 4 nitrogen and oxygen atoms in total. The summed E-state index contributed by atoms with van der Waals surface area (Å²) in [5.74, 6) is -1.18. The van der Waals surface area contributed by atoms with Crippen LogP contribution in [0, 0.1) is 5.41 Å². The van der Waals surface area contributed by atoms with E-state index in [9.17, 15) is 9.59 Å². The zero-order valence-electron chi connectivity index (χ0n) is 8.80. The summed E-state index contributed by atoms with van der Waals surface area (Å²) in [5, 5.41) is 0. The van der Waals surface area contributed by atoms with Gasteiger partial charge in [0.05, 0.1) is 14.2 Å². The van der Waals surface area contributed by atoms with Gasteiger partial charge in [0, 0.05) is 4.83 Å². The lowest BCUT2D eigenvalue weighted by atomic mass is 9.85. The normalized spacial score (nSPS) is 13.2. The van der Waals surface area contributed by atoms with E-state index >= 15 is 0 Å². The number of hydrogen-bond donors (Lipinski definition) is 0. The molecule has 0 rings (SSSR count). The third-order valence-corrected chi connectivity index (χ3v) is 3.77. The fraction of sp³-hybridized carbons (Fsp3) is 0.778. The number of carbonyl (C=O) groups excluding carboxylic acids is 2. The highest BCUT2D eigenvalue weighted by atomic mass is 79.9. The molecule has 0 aliphatic carbocycles. The third-order valence-electron chi connectivity index (χ3n) is 2.20. The Morgan fingerprint density at radius 1 is 1.29 bits per heavy atom. The summed E-state index contributed by atoms with van der Waals surface area (Å²) >= 11 is 3.28. The van der Waals surface area contributed by atoms with Gasteiger partial charge in [-0.05, 0) is 13.3 Å². The van der Waals surface area contributed by atoms with Crippen LogP contribution in [0.1, 0.15) is 20.3 Å². The van der Waals surface area contributed by atoms with Gasteiger partial charge in [-0.1, -0.05) is 22.9 Å². The lowest BCUT2D eigenvalue weighted by Gasteiger charge is -2.27. The van der Waals surface area contributed by atoms with Crippen molar-refractivity contribution in [2.24, 2.45) is 5.41 Å². The van der Waals surface area contributed by atoms with Gasteiger partial charge >= 0.3 is 11.9 Å². The van der Waals surface area contributed by atoms with Gasteiger partial charge in [0.1, 0.15) is 0 Å². The molecule has 0 bridgehead atoms. The number of alkyl halides is 1. The van der Waals surface area contributed by atoms with Gasteiger partial charge in [-0.25, -0.2) is 0 Å². The van der Waals surface area contributed by atoms with Gasteiger partial charge in [-0.15, -0.1) is 0 Å². The molecule has 0 fully saturated rings. The molecule has 0 aliphatic heterocycles. The van der Waals surface area contributed by atoms with E-state index in [-0.39, 0.29) is 4.83 Å². The summed E-state index contributed by atoms with van der Waals surface area (Å²) in [5.41, 5.74) is -1.28. The minimum absolute atomic E-state index is 0.296. The van der Waals surface area contributed by atoms with E-state index in [0.717, 1.165) is 0 Å². The van der Waals surface area contributed by atoms with E-state index in [0.29, 0.717) is 6.42 Å². The van der Waals surface area contributed by atoms with E-state index < -0.39 is 17.4 Å². The number of rotatable bonds is 4. The first-order valence-electron chi connectivity index (χ1n) is 4.26. The standard InChI is InChI=1S/C9H15BrO4/c1-5-6(10)9(2,7(11)13-3)8(12)14-4/h6H,5H2,1-4H3/t6-/m0/s1. The number of hydrogen-bond acceptors (Lipinski definition) is 4. The van der Waals surface area contributed by atoms with Crippen molar-refractivity contribution in [3.63, 3.8) is 0 Å². The molecule has 0 aliphatic rings. The van der Waals surface area contributed by atoms with Gasteiger partial charge in [-0.3, -0.25) is 9.59 Å². The second kappa shape index (κ2) is 5.34. The predicted octanol–water partition coefficient (Wildman–Crippen LogP) is 1.51. The van der Waals surface area contributed by atoms with Crippen molar-refractivity contribution in [2.75, 3.05) is 14.2 Å². The molecule has 14 heavy (non-hydrogen) atoms. The van der Waals surface area contributed by atoms with E-state index in [1.807, 2.05) is 6.92 Å². The minimum Gasteiger partial charge on any atom is -0.468 e. The zero-order chi connectivity index (χ0) is 11.4. The monoisotopic (exact) mass is 266 g/mol. The Kier molecular flexibility index (Phi) is 5.12. The highest BCUT2D eigenvalue weighted by Crippen LogP contribution is 2.32. The molecule has 0 unspecified atom stereocenters. The topological polar surface area (TPSA) is 52.6 Å². The third kappa shape index (κ3) is 2.26. The predicted molar refractivity (Wildman–Crippen MR) is 55.1 cm³/mol. The molecule has 0 aromatic carbocycles. The van der Waals surface area contributed by atoms with Crippen molar-refractivity contribution >= 4 is 27.9 Å². The van der Waals surface area contributed by atoms with Gasteiger partial charge in [-0.2, -0.15) is 0 Å². The van der Waals surface area contributed by atoms with E-state index in [1.165, 1.54) is 21.1 Å². The van der Waals surface area contributed by atoms with E-state index in [4.69, 9.17) is 0 Å². The summed E-state index contributed by atoms with van der Waals surface area (Å²) in [6, 6.07) is 0. The second-order valence-corrected chi connectivity index (χ2v) is 4.17. The van der Waals surface area contributed by atoms with Crippen LogP contribution in [0.3, 0.4) is 0 Å². The van der Waals surface area contributed by atoms with Crippen LogP contribution in [0.2, 0.25) is 0 Å². The van der Waals surface area contributed by atoms with Crippen molar-refractivity contribution in [3.05, 3.63) is 0 Å². The van der Waals surface area contributed by atoms with Crippen molar-refractivity contribution in [3.8, 4) is 0 Å². The Morgan fingerprint density at radius 2 is 1.64 bits per heavy atom. The van der Waals surface area contributed by atoms with Crippen LogP contribution in [-0.2, 0) is 19.1 Å². The van der Waals surface area contributed by atoms with Gasteiger partial charge in [0.15, 0.2) is 5.41 Å². The first-order chi connectivity index (χ1) is 6.44. The van der Waals surface area contributed by atoms with Crippen molar-refractivity contribution in [2.45, 2.75) is 25.1 Å². The number of carbonyl (C=O) groups is 2. The first-order valence-corrected chi connectivity index (χ1v) is 5.17. The molecule has 0 spiro atoms. The van der Waals surface area contributed by atoms with Gasteiger partial charge < -0.3 is 9.47 Å². The molecule has 0 aromatic rings. The molecule has 0 amide bonds. The molecule has 0 saturated carbocycles. The molecule has 0 N–H and O–H groups in total. The van der Waals surface area contributed by atoms with Gasteiger partial charge in [0.25, 0.3) is 0 Å². The average molecular weight is 267 g/mol. The zero-order valence-corrected chi connectivity index (χ0v) is 10.4. The van der Waals surface area contributed by atoms with Crippen LogP contribution in [-0.4, -0.2) is 31.0 Å². The first kappa shape index (κ1) is 13.4. The summed E-state index contributed by atoms with van der Waals surface area (Å²) in [4.78, 5) is 22.7. The quantitative estimate of drug-likeness (QED) is 0.440. The molecule has 5 heteroatoms. The number of esters is 2. The average Bonchev–Trinajstić information content (AvgIpc) is 2.24. The largest absolute Gasteiger partial charge is 0.468 e. The Bertz CT molecular complexity index is 211. The maximum atomic E-state index is 11.5. The van der Waals surface area contributed by atoms with Crippen molar-refractivity contribution in [1.29, 1.82) is 0 Å². The van der Waals surface area contributed by atoms with E-state index in [1.54, 1.807) is 0 Å². The Morgan fingerprint density at radius 3 is 1.86 bits per heavy atom. The molecule has 0 aromatic heterocycles. The van der Waals surface area contributed by atoms with Crippen LogP contribution in [0.15, 0.2) is 0 Å². The molecule has 0 heterocycles. The van der Waals surface area contributed by atoms with Crippen molar-refractivity contribution < 1.29 is 19.1 Å². The summed E-state index contributed by atoms with van der Waals surface area (Å²) < 4.78 is 9.18. The molecular weight excluding hydrogens is 252 g/mol.